The van der Waals surface area contributed by atoms with Crippen molar-refractivity contribution >= 4 is 11.7 Å². The largest absolute Gasteiger partial charge is 0.478 e. The number of rotatable bonds is 4. The smallest absolute Gasteiger partial charge is 0.405 e. The van der Waals surface area contributed by atoms with E-state index in [-0.39, 0.29) is 17.3 Å². The number of hydrogen-bond donors (Lipinski definition) is 1. The number of alkyl halides is 3. The summed E-state index contributed by atoms with van der Waals surface area (Å²) in [5.74, 6) is -1.27. The number of pyridine rings is 1. The van der Waals surface area contributed by atoms with E-state index in [1.165, 1.54) is 12.3 Å². The fourth-order valence-corrected chi connectivity index (χ4v) is 1.79. The molecule has 18 heavy (non-hydrogen) atoms. The van der Waals surface area contributed by atoms with Crippen molar-refractivity contribution in [2.75, 3.05) is 11.4 Å². The molecule has 7 heteroatoms. The average molecular weight is 260 g/mol. The summed E-state index contributed by atoms with van der Waals surface area (Å²) >= 11 is 0. The van der Waals surface area contributed by atoms with Crippen LogP contribution in [0.5, 0.6) is 0 Å². The average Bonchev–Trinajstić information content (AvgIpc) is 3.08. The van der Waals surface area contributed by atoms with Gasteiger partial charge < -0.3 is 10.0 Å². The van der Waals surface area contributed by atoms with Gasteiger partial charge in [0.25, 0.3) is 0 Å². The van der Waals surface area contributed by atoms with E-state index in [2.05, 4.69) is 4.98 Å². The number of aromatic nitrogens is 1. The molecule has 1 aliphatic rings. The number of anilines is 1. The lowest BCUT2D eigenvalue weighted by Gasteiger charge is -2.26. The zero-order chi connectivity index (χ0) is 13.3. The van der Waals surface area contributed by atoms with Gasteiger partial charge in [-0.15, -0.1) is 0 Å². The predicted octanol–water partition coefficient (Wildman–Crippen LogP) is 2.31. The lowest BCUT2D eigenvalue weighted by molar-refractivity contribution is -0.120. The van der Waals surface area contributed by atoms with Gasteiger partial charge in [-0.25, -0.2) is 4.79 Å². The molecule has 2 rings (SSSR count). The molecule has 0 radical (unpaired) electrons. The van der Waals surface area contributed by atoms with Crippen molar-refractivity contribution in [1.82, 2.24) is 4.98 Å². The Morgan fingerprint density at radius 2 is 2.17 bits per heavy atom. The van der Waals surface area contributed by atoms with Crippen LogP contribution in [0.3, 0.4) is 0 Å². The van der Waals surface area contributed by atoms with E-state index >= 15 is 0 Å². The highest BCUT2D eigenvalue weighted by Gasteiger charge is 2.39. The van der Waals surface area contributed by atoms with Gasteiger partial charge in [-0.05, 0) is 18.9 Å². The normalized spacial score (nSPS) is 15.5. The minimum atomic E-state index is -4.36. The van der Waals surface area contributed by atoms with Gasteiger partial charge in [0.1, 0.15) is 12.1 Å². The van der Waals surface area contributed by atoms with Crippen LogP contribution in [0.2, 0.25) is 0 Å². The van der Waals surface area contributed by atoms with E-state index in [4.69, 9.17) is 5.11 Å². The van der Waals surface area contributed by atoms with Crippen molar-refractivity contribution in [3.63, 3.8) is 0 Å². The van der Waals surface area contributed by atoms with E-state index < -0.39 is 18.7 Å². The maximum atomic E-state index is 12.5. The van der Waals surface area contributed by atoms with Crippen LogP contribution in [-0.2, 0) is 0 Å². The zero-order valence-electron chi connectivity index (χ0n) is 9.31. The van der Waals surface area contributed by atoms with E-state index in [0.29, 0.717) is 12.8 Å². The van der Waals surface area contributed by atoms with E-state index in [1.54, 1.807) is 0 Å². The summed E-state index contributed by atoms with van der Waals surface area (Å²) in [5, 5.41) is 8.97. The van der Waals surface area contributed by atoms with Gasteiger partial charge in [-0.1, -0.05) is 0 Å². The number of carboxylic acids is 1. The van der Waals surface area contributed by atoms with Crippen molar-refractivity contribution < 1.29 is 23.1 Å². The summed E-state index contributed by atoms with van der Waals surface area (Å²) in [7, 11) is 0. The Kier molecular flexibility index (Phi) is 3.14. The minimum Gasteiger partial charge on any atom is -0.478 e. The van der Waals surface area contributed by atoms with Crippen LogP contribution in [0.4, 0.5) is 18.9 Å². The minimum absolute atomic E-state index is 0.0809. The molecule has 0 aromatic carbocycles. The van der Waals surface area contributed by atoms with Crippen LogP contribution in [0.25, 0.3) is 0 Å². The van der Waals surface area contributed by atoms with Crippen LogP contribution in [0.15, 0.2) is 18.5 Å². The molecular weight excluding hydrogens is 249 g/mol. The molecule has 0 spiro atoms. The van der Waals surface area contributed by atoms with Crippen molar-refractivity contribution in [2.45, 2.75) is 25.1 Å². The van der Waals surface area contributed by atoms with E-state index in [9.17, 15) is 18.0 Å². The third-order valence-corrected chi connectivity index (χ3v) is 2.68. The SMILES string of the molecule is O=C(O)c1cnccc1N(CC(F)(F)F)C1CC1. The van der Waals surface area contributed by atoms with Crippen molar-refractivity contribution in [1.29, 1.82) is 0 Å². The second-order valence-corrected chi connectivity index (χ2v) is 4.17. The number of carboxylic acid groups (broad SMARTS) is 1. The number of carbonyl (C=O) groups is 1. The highest BCUT2D eigenvalue weighted by Crippen LogP contribution is 2.35. The standard InChI is InChI=1S/C11H11F3N2O2/c12-11(13,14)6-16(7-1-2-7)9-3-4-15-5-8(9)10(17)18/h3-5,7H,1-2,6H2,(H,17,18). The molecule has 1 aromatic heterocycles. The van der Waals surface area contributed by atoms with Gasteiger partial charge in [0.2, 0.25) is 0 Å². The third kappa shape index (κ3) is 2.91. The van der Waals surface area contributed by atoms with E-state index in [1.807, 2.05) is 0 Å². The second kappa shape index (κ2) is 4.47. The molecule has 1 saturated carbocycles. The molecule has 1 aromatic rings. The number of aromatic carboxylic acids is 1. The molecule has 4 nitrogen and oxygen atoms in total. The molecule has 98 valence electrons. The van der Waals surface area contributed by atoms with Crippen molar-refractivity contribution in [2.24, 2.45) is 0 Å². The topological polar surface area (TPSA) is 53.4 Å². The number of nitrogens with zero attached hydrogens (tertiary/aromatic N) is 2. The number of hydrogen-bond acceptors (Lipinski definition) is 3. The van der Waals surface area contributed by atoms with Gasteiger partial charge >= 0.3 is 12.1 Å². The summed E-state index contributed by atoms with van der Waals surface area (Å²) in [5.41, 5.74) is -0.119. The molecule has 0 saturated heterocycles. The first kappa shape index (κ1) is 12.7. The third-order valence-electron chi connectivity index (χ3n) is 2.68. The summed E-state index contributed by atoms with van der Waals surface area (Å²) in [6.45, 7) is -1.14. The predicted molar refractivity (Wildman–Crippen MR) is 57.6 cm³/mol. The summed E-state index contributed by atoms with van der Waals surface area (Å²) in [6.07, 6.45) is -0.687. The van der Waals surface area contributed by atoms with Crippen LogP contribution in [-0.4, -0.2) is 34.8 Å². The Morgan fingerprint density at radius 1 is 1.50 bits per heavy atom. The monoisotopic (exact) mass is 260 g/mol. The number of halogens is 3. The zero-order valence-corrected chi connectivity index (χ0v) is 9.31. The van der Waals surface area contributed by atoms with Crippen molar-refractivity contribution in [3.8, 4) is 0 Å². The molecule has 0 aliphatic heterocycles. The highest BCUT2D eigenvalue weighted by molar-refractivity contribution is 5.94. The molecule has 0 bridgehead atoms. The molecule has 1 heterocycles. The van der Waals surface area contributed by atoms with Gasteiger partial charge in [0, 0.05) is 18.4 Å². The summed E-state index contributed by atoms with van der Waals surface area (Å²) in [4.78, 5) is 15.7. The van der Waals surface area contributed by atoms with Crippen LogP contribution in [0.1, 0.15) is 23.2 Å². The van der Waals surface area contributed by atoms with Gasteiger partial charge in [-0.3, -0.25) is 4.98 Å². The lowest BCUT2D eigenvalue weighted by atomic mass is 10.2. The summed E-state index contributed by atoms with van der Waals surface area (Å²) < 4.78 is 37.5. The Hall–Kier alpha value is -1.79. The van der Waals surface area contributed by atoms with Gasteiger partial charge in [0.15, 0.2) is 0 Å². The quantitative estimate of drug-likeness (QED) is 0.902. The highest BCUT2D eigenvalue weighted by atomic mass is 19.4. The fraction of sp³-hybridized carbons (Fsp3) is 0.455. The van der Waals surface area contributed by atoms with Gasteiger partial charge in [-0.2, -0.15) is 13.2 Å². The Balaban J connectivity index is 2.33. The molecule has 0 atom stereocenters. The molecule has 1 aliphatic carbocycles. The lowest BCUT2D eigenvalue weighted by Crippen LogP contribution is -2.36. The first-order valence-corrected chi connectivity index (χ1v) is 5.39. The van der Waals surface area contributed by atoms with Crippen LogP contribution >= 0.6 is 0 Å². The molecule has 1 N–H and O–H groups in total. The Morgan fingerprint density at radius 3 is 2.67 bits per heavy atom. The first-order chi connectivity index (χ1) is 8.38. The van der Waals surface area contributed by atoms with Crippen molar-refractivity contribution in [3.05, 3.63) is 24.0 Å². The van der Waals surface area contributed by atoms with Gasteiger partial charge in [0.05, 0.1) is 5.69 Å². The maximum absolute atomic E-state index is 12.5. The van der Waals surface area contributed by atoms with E-state index in [0.717, 1.165) is 11.1 Å². The fourth-order valence-electron chi connectivity index (χ4n) is 1.79. The van der Waals surface area contributed by atoms with Crippen LogP contribution < -0.4 is 4.90 Å². The Labute approximate surface area is 101 Å². The van der Waals surface area contributed by atoms with Crippen LogP contribution in [0, 0.1) is 0 Å². The molecule has 0 unspecified atom stereocenters. The molecule has 0 amide bonds. The maximum Gasteiger partial charge on any atom is 0.405 e. The first-order valence-electron chi connectivity index (χ1n) is 5.39. The Bertz CT molecular complexity index is 458. The second-order valence-electron chi connectivity index (χ2n) is 4.17. The molecular formula is C11H11F3N2O2. The molecule has 1 fully saturated rings. The summed E-state index contributed by atoms with van der Waals surface area (Å²) in [6, 6.07) is 1.08.